The standard InChI is InChI=1S/C20H38N4O2/c1-17(2)11-15(12-18(3,4)23(17)25)21-9-10-22-16-13-19(5,6)24(26)20(7,8)14-16/h9-10,15-16,25-26H,11-14H2,1-8H3/b21-9+,22-10+. The predicted octanol–water partition coefficient (Wildman–Crippen LogP) is 3.95. The number of aliphatic imine (C=N–C) groups is 2. The maximum atomic E-state index is 10.4. The van der Waals surface area contributed by atoms with Crippen LogP contribution in [0.3, 0.4) is 0 Å². The number of hydrogen-bond acceptors (Lipinski definition) is 6. The first-order chi connectivity index (χ1) is 11.7. The summed E-state index contributed by atoms with van der Waals surface area (Å²) in [4.78, 5) is 9.42. The van der Waals surface area contributed by atoms with Crippen molar-refractivity contribution in [2.75, 3.05) is 0 Å². The van der Waals surface area contributed by atoms with Crippen LogP contribution in [0.2, 0.25) is 0 Å². The third-order valence-corrected chi connectivity index (χ3v) is 5.89. The molecule has 6 nitrogen and oxygen atoms in total. The molecular weight excluding hydrogens is 328 g/mol. The van der Waals surface area contributed by atoms with Gasteiger partial charge in [0.15, 0.2) is 0 Å². The van der Waals surface area contributed by atoms with Crippen LogP contribution in [0.25, 0.3) is 0 Å². The molecule has 0 aromatic heterocycles. The minimum Gasteiger partial charge on any atom is -0.313 e. The first kappa shape index (κ1) is 21.5. The first-order valence-electron chi connectivity index (χ1n) is 9.71. The van der Waals surface area contributed by atoms with E-state index in [1.54, 1.807) is 0 Å². The van der Waals surface area contributed by atoms with E-state index in [-0.39, 0.29) is 34.2 Å². The van der Waals surface area contributed by atoms with Crippen molar-refractivity contribution in [2.45, 2.75) is 115 Å². The fourth-order valence-electron chi connectivity index (χ4n) is 4.97. The molecule has 0 atom stereocenters. The summed E-state index contributed by atoms with van der Waals surface area (Å²) in [5, 5.41) is 23.7. The Hall–Kier alpha value is -0.820. The largest absolute Gasteiger partial charge is 0.313 e. The molecule has 150 valence electrons. The highest BCUT2D eigenvalue weighted by atomic mass is 16.5. The fourth-order valence-corrected chi connectivity index (χ4v) is 4.97. The highest BCUT2D eigenvalue weighted by Gasteiger charge is 2.45. The zero-order chi connectivity index (χ0) is 20.0. The highest BCUT2D eigenvalue weighted by Crippen LogP contribution is 2.39. The average Bonchev–Trinajstić information content (AvgIpc) is 2.45. The van der Waals surface area contributed by atoms with Crippen LogP contribution in [0.5, 0.6) is 0 Å². The SMILES string of the molecule is CC1(C)CC(/N=C/C=N/C2CC(C)(C)N(O)C(C)(C)C2)CC(C)(C)N1O. The molecule has 2 fully saturated rings. The number of hydroxylamine groups is 4. The molecular formula is C20H38N4O2. The van der Waals surface area contributed by atoms with E-state index in [1.165, 1.54) is 10.1 Å². The van der Waals surface area contributed by atoms with Gasteiger partial charge in [-0.1, -0.05) is 0 Å². The Kier molecular flexibility index (Phi) is 5.76. The molecule has 2 N–H and O–H groups in total. The molecule has 0 amide bonds. The van der Waals surface area contributed by atoms with Gasteiger partial charge in [-0.05, 0) is 81.1 Å². The summed E-state index contributed by atoms with van der Waals surface area (Å²) < 4.78 is 0. The minimum atomic E-state index is -0.289. The molecule has 2 aliphatic rings. The molecule has 0 bridgehead atoms. The first-order valence-corrected chi connectivity index (χ1v) is 9.71. The number of hydrogen-bond donors (Lipinski definition) is 2. The summed E-state index contributed by atoms with van der Waals surface area (Å²) in [7, 11) is 0. The van der Waals surface area contributed by atoms with Gasteiger partial charge in [-0.2, -0.15) is 10.1 Å². The van der Waals surface area contributed by atoms with E-state index in [0.717, 1.165) is 25.7 Å². The summed E-state index contributed by atoms with van der Waals surface area (Å²) in [6.07, 6.45) is 6.91. The van der Waals surface area contributed by atoms with Gasteiger partial charge in [-0.25, -0.2) is 0 Å². The lowest BCUT2D eigenvalue weighted by Gasteiger charge is -2.50. The van der Waals surface area contributed by atoms with Gasteiger partial charge in [0.05, 0.1) is 12.1 Å². The second-order valence-electron chi connectivity index (χ2n) is 10.6. The smallest absolute Gasteiger partial charge is 0.0536 e. The predicted molar refractivity (Wildman–Crippen MR) is 107 cm³/mol. The molecule has 0 aliphatic carbocycles. The molecule has 0 aromatic rings. The van der Waals surface area contributed by atoms with Crippen LogP contribution in [0.1, 0.15) is 81.1 Å². The van der Waals surface area contributed by atoms with E-state index in [9.17, 15) is 10.4 Å². The number of piperidine rings is 2. The van der Waals surface area contributed by atoms with Crippen molar-refractivity contribution < 1.29 is 10.4 Å². The summed E-state index contributed by atoms with van der Waals surface area (Å²) in [6, 6.07) is 0.365. The van der Waals surface area contributed by atoms with Crippen molar-refractivity contribution >= 4 is 12.4 Å². The molecule has 0 saturated carbocycles. The van der Waals surface area contributed by atoms with E-state index >= 15 is 0 Å². The zero-order valence-electron chi connectivity index (χ0n) is 17.8. The maximum absolute atomic E-state index is 10.4. The third kappa shape index (κ3) is 4.53. The molecule has 2 aliphatic heterocycles. The van der Waals surface area contributed by atoms with Gasteiger partial charge in [-0.15, -0.1) is 0 Å². The van der Waals surface area contributed by atoms with Gasteiger partial charge in [0.25, 0.3) is 0 Å². The Labute approximate surface area is 158 Å². The topological polar surface area (TPSA) is 71.7 Å². The van der Waals surface area contributed by atoms with Crippen molar-refractivity contribution in [3.05, 3.63) is 0 Å². The summed E-state index contributed by atoms with van der Waals surface area (Å²) >= 11 is 0. The van der Waals surface area contributed by atoms with E-state index in [1.807, 2.05) is 12.4 Å². The fraction of sp³-hybridized carbons (Fsp3) is 0.900. The van der Waals surface area contributed by atoms with Crippen molar-refractivity contribution in [1.29, 1.82) is 0 Å². The van der Waals surface area contributed by atoms with Gasteiger partial charge < -0.3 is 10.4 Å². The molecule has 2 heterocycles. The second-order valence-corrected chi connectivity index (χ2v) is 10.6. The lowest BCUT2D eigenvalue weighted by molar-refractivity contribution is -0.244. The molecule has 26 heavy (non-hydrogen) atoms. The lowest BCUT2D eigenvalue weighted by atomic mass is 9.79. The molecule has 2 rings (SSSR count). The van der Waals surface area contributed by atoms with Crippen LogP contribution in [-0.2, 0) is 0 Å². The van der Waals surface area contributed by atoms with Crippen molar-refractivity contribution in [3.63, 3.8) is 0 Å². The van der Waals surface area contributed by atoms with Crippen molar-refractivity contribution in [1.82, 2.24) is 10.1 Å². The van der Waals surface area contributed by atoms with Gasteiger partial charge in [-0.3, -0.25) is 9.98 Å². The average molecular weight is 367 g/mol. The van der Waals surface area contributed by atoms with Crippen molar-refractivity contribution in [3.8, 4) is 0 Å². The summed E-state index contributed by atoms with van der Waals surface area (Å²) in [6.45, 7) is 16.4. The van der Waals surface area contributed by atoms with Crippen LogP contribution in [0.15, 0.2) is 9.98 Å². The minimum absolute atomic E-state index is 0.182. The third-order valence-electron chi connectivity index (χ3n) is 5.89. The number of nitrogens with zero attached hydrogens (tertiary/aromatic N) is 4. The molecule has 2 saturated heterocycles. The highest BCUT2D eigenvalue weighted by molar-refractivity contribution is 6.16. The van der Waals surface area contributed by atoms with E-state index in [2.05, 4.69) is 55.4 Å². The molecule has 0 unspecified atom stereocenters. The van der Waals surface area contributed by atoms with E-state index in [4.69, 9.17) is 9.98 Å². The lowest BCUT2D eigenvalue weighted by Crippen LogP contribution is -2.60. The molecule has 0 aromatic carbocycles. The Bertz CT molecular complexity index is 480. The Morgan fingerprint density at radius 2 is 0.846 bits per heavy atom. The van der Waals surface area contributed by atoms with Gasteiger partial charge in [0.2, 0.25) is 0 Å². The second kappa shape index (κ2) is 6.97. The Morgan fingerprint density at radius 1 is 0.615 bits per heavy atom. The Morgan fingerprint density at radius 3 is 1.08 bits per heavy atom. The van der Waals surface area contributed by atoms with Crippen LogP contribution >= 0.6 is 0 Å². The van der Waals surface area contributed by atoms with Crippen LogP contribution in [0, 0.1) is 0 Å². The van der Waals surface area contributed by atoms with Crippen LogP contribution in [-0.4, -0.2) is 67.2 Å². The van der Waals surface area contributed by atoms with E-state index in [0.29, 0.717) is 0 Å². The van der Waals surface area contributed by atoms with Crippen molar-refractivity contribution in [2.24, 2.45) is 9.98 Å². The summed E-state index contributed by atoms with van der Waals surface area (Å²) in [5.41, 5.74) is -1.16. The van der Waals surface area contributed by atoms with Gasteiger partial charge in [0.1, 0.15) is 0 Å². The number of rotatable bonds is 3. The Balaban J connectivity index is 2.00. The normalized spacial score (nSPS) is 30.4. The maximum Gasteiger partial charge on any atom is 0.0536 e. The summed E-state index contributed by atoms with van der Waals surface area (Å²) in [5.74, 6) is 0. The monoisotopic (exact) mass is 366 g/mol. The quantitative estimate of drug-likeness (QED) is 0.742. The van der Waals surface area contributed by atoms with Gasteiger partial charge >= 0.3 is 0 Å². The van der Waals surface area contributed by atoms with Gasteiger partial charge in [0, 0.05) is 34.6 Å². The zero-order valence-corrected chi connectivity index (χ0v) is 17.8. The molecule has 0 spiro atoms. The van der Waals surface area contributed by atoms with E-state index < -0.39 is 0 Å². The van der Waals surface area contributed by atoms with Crippen LogP contribution in [0.4, 0.5) is 0 Å². The van der Waals surface area contributed by atoms with Crippen LogP contribution < -0.4 is 0 Å². The molecule has 0 radical (unpaired) electrons. The molecule has 6 heteroatoms.